The Hall–Kier alpha value is -3.40. The third-order valence-electron chi connectivity index (χ3n) is 6.80. The molecule has 0 bridgehead atoms. The van der Waals surface area contributed by atoms with Gasteiger partial charge in [0.1, 0.15) is 10.8 Å². The van der Waals surface area contributed by atoms with Gasteiger partial charge in [0.05, 0.1) is 40.6 Å². The Morgan fingerprint density at radius 2 is 1.92 bits per heavy atom. The van der Waals surface area contributed by atoms with Gasteiger partial charge in [-0.1, -0.05) is 11.6 Å². The first kappa shape index (κ1) is 27.2. The molecule has 5 rings (SSSR count). The van der Waals surface area contributed by atoms with E-state index in [1.807, 2.05) is 6.07 Å². The SMILES string of the molecule is CC(C)S(=O)(=O)c1nn(C)cc1Nc1nc(Nc2cc(C#N)c(C3CCNCC3)cc2OC2CC2)ncc1Cl. The number of benzene rings is 1. The number of aryl methyl sites for hydroxylation is 1. The first-order valence-electron chi connectivity index (χ1n) is 12.9. The highest BCUT2D eigenvalue weighted by Gasteiger charge is 2.29. The van der Waals surface area contributed by atoms with Crippen LogP contribution in [0.2, 0.25) is 5.02 Å². The zero-order valence-electron chi connectivity index (χ0n) is 22.0. The van der Waals surface area contributed by atoms with Crippen LogP contribution in [0.5, 0.6) is 5.75 Å². The van der Waals surface area contributed by atoms with E-state index in [2.05, 4.69) is 37.1 Å². The fourth-order valence-electron chi connectivity index (χ4n) is 4.47. The van der Waals surface area contributed by atoms with Crippen LogP contribution in [0, 0.1) is 11.3 Å². The van der Waals surface area contributed by atoms with E-state index >= 15 is 0 Å². The van der Waals surface area contributed by atoms with Crippen LogP contribution in [0.3, 0.4) is 0 Å². The summed E-state index contributed by atoms with van der Waals surface area (Å²) in [5, 5.41) is 23.1. The Morgan fingerprint density at radius 3 is 2.59 bits per heavy atom. The van der Waals surface area contributed by atoms with Crippen LogP contribution in [-0.4, -0.2) is 52.6 Å². The molecule has 3 heterocycles. The zero-order valence-corrected chi connectivity index (χ0v) is 23.6. The smallest absolute Gasteiger partial charge is 0.229 e. The average molecular weight is 571 g/mol. The molecule has 2 aliphatic rings. The van der Waals surface area contributed by atoms with Crippen molar-refractivity contribution in [3.8, 4) is 11.8 Å². The largest absolute Gasteiger partial charge is 0.488 e. The number of hydrogen-bond donors (Lipinski definition) is 3. The molecule has 1 aliphatic carbocycles. The molecule has 13 heteroatoms. The van der Waals surface area contributed by atoms with Gasteiger partial charge in [0.15, 0.2) is 5.82 Å². The molecule has 0 amide bonds. The highest BCUT2D eigenvalue weighted by atomic mass is 35.5. The molecule has 1 aromatic carbocycles. The predicted octanol–water partition coefficient (Wildman–Crippen LogP) is 4.41. The van der Waals surface area contributed by atoms with Crippen LogP contribution >= 0.6 is 11.6 Å². The van der Waals surface area contributed by atoms with E-state index in [9.17, 15) is 13.7 Å². The quantitative estimate of drug-likeness (QED) is 0.338. The normalized spacial score (nSPS) is 16.2. The maximum Gasteiger partial charge on any atom is 0.229 e. The number of ether oxygens (including phenoxy) is 1. The summed E-state index contributed by atoms with van der Waals surface area (Å²) in [5.74, 6) is 1.35. The van der Waals surface area contributed by atoms with E-state index in [1.54, 1.807) is 33.2 Å². The van der Waals surface area contributed by atoms with Crippen LogP contribution in [0.1, 0.15) is 56.6 Å². The van der Waals surface area contributed by atoms with Gasteiger partial charge in [-0.05, 0) is 76.2 Å². The third kappa shape index (κ3) is 5.95. The molecule has 206 valence electrons. The van der Waals surface area contributed by atoms with Gasteiger partial charge in [0, 0.05) is 13.2 Å². The minimum Gasteiger partial charge on any atom is -0.488 e. The summed E-state index contributed by atoms with van der Waals surface area (Å²) in [6.45, 7) is 5.03. The van der Waals surface area contributed by atoms with Crippen LogP contribution < -0.4 is 20.7 Å². The van der Waals surface area contributed by atoms with E-state index in [4.69, 9.17) is 16.3 Å². The monoisotopic (exact) mass is 570 g/mol. The van der Waals surface area contributed by atoms with Gasteiger partial charge in [-0.3, -0.25) is 4.68 Å². The first-order valence-corrected chi connectivity index (χ1v) is 14.9. The van der Waals surface area contributed by atoms with Gasteiger partial charge in [-0.2, -0.15) is 15.3 Å². The van der Waals surface area contributed by atoms with Crippen LogP contribution in [0.25, 0.3) is 0 Å². The van der Waals surface area contributed by atoms with Gasteiger partial charge < -0.3 is 20.7 Å². The predicted molar refractivity (Wildman–Crippen MR) is 149 cm³/mol. The van der Waals surface area contributed by atoms with Gasteiger partial charge in [-0.15, -0.1) is 0 Å². The Bertz CT molecular complexity index is 1520. The summed E-state index contributed by atoms with van der Waals surface area (Å²) in [6, 6.07) is 6.11. The fraction of sp³-hybridized carbons (Fsp3) is 0.462. The number of halogens is 1. The van der Waals surface area contributed by atoms with Gasteiger partial charge >= 0.3 is 0 Å². The molecule has 0 spiro atoms. The minimum atomic E-state index is -3.66. The van der Waals surface area contributed by atoms with Crippen molar-refractivity contribution in [2.75, 3.05) is 23.7 Å². The van der Waals surface area contributed by atoms with Crippen molar-refractivity contribution < 1.29 is 13.2 Å². The van der Waals surface area contributed by atoms with Crippen molar-refractivity contribution in [1.82, 2.24) is 25.1 Å². The van der Waals surface area contributed by atoms with E-state index in [0.717, 1.165) is 44.3 Å². The molecule has 3 N–H and O–H groups in total. The number of hydrogen-bond acceptors (Lipinski definition) is 10. The highest BCUT2D eigenvalue weighted by Crippen LogP contribution is 2.39. The Balaban J connectivity index is 1.47. The molecule has 11 nitrogen and oxygen atoms in total. The second-order valence-electron chi connectivity index (χ2n) is 10.1. The summed E-state index contributed by atoms with van der Waals surface area (Å²) in [7, 11) is -2.02. The molecule has 2 fully saturated rings. The molecule has 0 atom stereocenters. The van der Waals surface area contributed by atoms with E-state index < -0.39 is 15.1 Å². The Labute approximate surface area is 232 Å². The number of nitriles is 1. The molecule has 0 radical (unpaired) electrons. The number of anilines is 4. The van der Waals surface area contributed by atoms with Crippen LogP contribution in [0.4, 0.5) is 23.1 Å². The van der Waals surface area contributed by atoms with Crippen molar-refractivity contribution in [3.63, 3.8) is 0 Å². The second kappa shape index (κ2) is 11.0. The summed E-state index contributed by atoms with van der Waals surface area (Å²) in [4.78, 5) is 8.80. The molecule has 3 aromatic rings. The second-order valence-corrected chi connectivity index (χ2v) is 13.0. The lowest BCUT2D eigenvalue weighted by Crippen LogP contribution is -2.27. The summed E-state index contributed by atoms with van der Waals surface area (Å²) >= 11 is 6.38. The molecule has 1 saturated carbocycles. The van der Waals surface area contributed by atoms with Gasteiger partial charge in [-0.25, -0.2) is 13.4 Å². The Kier molecular flexibility index (Phi) is 7.66. The third-order valence-corrected chi connectivity index (χ3v) is 9.16. The summed E-state index contributed by atoms with van der Waals surface area (Å²) in [5.41, 5.74) is 2.41. The molecule has 1 aliphatic heterocycles. The van der Waals surface area contributed by atoms with Crippen LogP contribution in [-0.2, 0) is 16.9 Å². The lowest BCUT2D eigenvalue weighted by atomic mass is 9.87. The molecule has 2 aromatic heterocycles. The van der Waals surface area contributed by atoms with Gasteiger partial charge in [0.25, 0.3) is 0 Å². The van der Waals surface area contributed by atoms with Crippen molar-refractivity contribution >= 4 is 44.6 Å². The summed E-state index contributed by atoms with van der Waals surface area (Å²) in [6.07, 6.45) is 7.02. The Morgan fingerprint density at radius 1 is 1.18 bits per heavy atom. The fourth-order valence-corrected chi connectivity index (χ4v) is 5.71. The topological polar surface area (TPSA) is 147 Å². The maximum absolute atomic E-state index is 12.8. The molecule has 39 heavy (non-hydrogen) atoms. The maximum atomic E-state index is 12.8. The van der Waals surface area contributed by atoms with E-state index in [-0.39, 0.29) is 39.5 Å². The summed E-state index contributed by atoms with van der Waals surface area (Å²) < 4.78 is 33.3. The first-order chi connectivity index (χ1) is 18.7. The van der Waals surface area contributed by atoms with Crippen LogP contribution in [0.15, 0.2) is 29.6 Å². The number of aromatic nitrogens is 4. The number of rotatable bonds is 9. The standard InChI is InChI=1S/C26H31ClN8O3S/c1-15(2)39(36,37)25-22(14-35(3)34-25)31-24-20(27)13-30-26(33-24)32-21-10-17(12-28)19(16-6-8-29-9-7-16)11-23(21)38-18-4-5-18/h10-11,13-16,18,29H,4-9H2,1-3H3,(H2,30,31,32,33). The molecule has 1 saturated heterocycles. The molecular formula is C26H31ClN8O3S. The van der Waals surface area contributed by atoms with Gasteiger partial charge in [0.2, 0.25) is 20.8 Å². The van der Waals surface area contributed by atoms with Crippen molar-refractivity contribution in [1.29, 1.82) is 5.26 Å². The number of piperidine rings is 1. The highest BCUT2D eigenvalue weighted by molar-refractivity contribution is 7.92. The molecule has 0 unspecified atom stereocenters. The number of nitrogens with one attached hydrogen (secondary N) is 3. The van der Waals surface area contributed by atoms with E-state index in [1.165, 1.54) is 10.9 Å². The number of nitrogens with zero attached hydrogens (tertiary/aromatic N) is 5. The molecular weight excluding hydrogens is 540 g/mol. The van der Waals surface area contributed by atoms with Crippen molar-refractivity contribution in [3.05, 3.63) is 40.7 Å². The van der Waals surface area contributed by atoms with Crippen molar-refractivity contribution in [2.45, 2.75) is 61.8 Å². The minimum absolute atomic E-state index is 0.0866. The lowest BCUT2D eigenvalue weighted by Gasteiger charge is -2.25. The van der Waals surface area contributed by atoms with Crippen molar-refractivity contribution in [2.24, 2.45) is 7.05 Å². The lowest BCUT2D eigenvalue weighted by molar-refractivity contribution is 0.304. The average Bonchev–Trinajstić information content (AvgIpc) is 3.66. The van der Waals surface area contributed by atoms with E-state index in [0.29, 0.717) is 17.0 Å². The number of sulfone groups is 1. The zero-order chi connectivity index (χ0) is 27.7.